The van der Waals surface area contributed by atoms with Crippen molar-refractivity contribution in [1.82, 2.24) is 24.9 Å². The summed E-state index contributed by atoms with van der Waals surface area (Å²) in [4.78, 5) is 4.43. The Hall–Kier alpha value is -2.55. The van der Waals surface area contributed by atoms with Crippen LogP contribution in [0.4, 0.5) is 0 Å². The molecule has 0 amide bonds. The fourth-order valence-corrected chi connectivity index (χ4v) is 3.16. The Balaban J connectivity index is 1.48. The van der Waals surface area contributed by atoms with Gasteiger partial charge in [-0.25, -0.2) is 0 Å². The number of ether oxygens (including phenoxy) is 2. The van der Waals surface area contributed by atoms with Crippen molar-refractivity contribution in [3.05, 3.63) is 30.4 Å². The van der Waals surface area contributed by atoms with E-state index in [1.807, 2.05) is 22.8 Å². The average molecular weight is 345 g/mol. The van der Waals surface area contributed by atoms with Gasteiger partial charge in [-0.15, -0.1) is 10.2 Å². The van der Waals surface area contributed by atoms with Crippen molar-refractivity contribution in [2.24, 2.45) is 0 Å². The molecule has 2 aromatic heterocycles. The Morgan fingerprint density at radius 3 is 3.00 bits per heavy atom. The molecule has 1 aliphatic rings. The van der Waals surface area contributed by atoms with Gasteiger partial charge in [-0.2, -0.15) is 4.98 Å². The van der Waals surface area contributed by atoms with Gasteiger partial charge in [0, 0.05) is 11.6 Å². The smallest absolute Gasteiger partial charge is 0.237 e. The van der Waals surface area contributed by atoms with E-state index in [1.54, 1.807) is 6.33 Å². The Morgan fingerprint density at radius 1 is 1.25 bits per heavy atom. The number of rotatable bonds is 5. The van der Waals surface area contributed by atoms with Gasteiger partial charge in [0.1, 0.15) is 6.33 Å². The number of hydrogen-bond acceptors (Lipinski definition) is 8. The summed E-state index contributed by atoms with van der Waals surface area (Å²) in [6.07, 6.45) is 1.72. The van der Waals surface area contributed by atoms with Gasteiger partial charge in [-0.05, 0) is 32.0 Å². The second-order valence-electron chi connectivity index (χ2n) is 5.48. The first-order chi connectivity index (χ1) is 11.7. The van der Waals surface area contributed by atoms with Crippen LogP contribution in [0.15, 0.2) is 34.2 Å². The van der Waals surface area contributed by atoms with Gasteiger partial charge in [-0.1, -0.05) is 16.9 Å². The van der Waals surface area contributed by atoms with E-state index in [0.29, 0.717) is 29.3 Å². The minimum Gasteiger partial charge on any atom is -0.454 e. The maximum Gasteiger partial charge on any atom is 0.237 e. The molecule has 0 atom stereocenters. The van der Waals surface area contributed by atoms with E-state index in [0.717, 1.165) is 16.5 Å². The highest BCUT2D eigenvalue weighted by molar-refractivity contribution is 7.98. The minimum absolute atomic E-state index is 0.240. The molecule has 9 heteroatoms. The minimum atomic E-state index is 0.240. The Labute approximate surface area is 142 Å². The van der Waals surface area contributed by atoms with E-state index in [4.69, 9.17) is 14.0 Å². The summed E-state index contributed by atoms with van der Waals surface area (Å²) in [6, 6.07) is 5.87. The van der Waals surface area contributed by atoms with Gasteiger partial charge < -0.3 is 18.6 Å². The molecule has 0 N–H and O–H groups in total. The second kappa shape index (κ2) is 6.16. The van der Waals surface area contributed by atoms with Crippen molar-refractivity contribution in [2.75, 3.05) is 6.79 Å². The maximum atomic E-state index is 5.37. The molecule has 1 aromatic carbocycles. The van der Waals surface area contributed by atoms with Gasteiger partial charge in [0.05, 0.1) is 5.75 Å². The van der Waals surface area contributed by atoms with Gasteiger partial charge in [0.2, 0.25) is 18.5 Å². The largest absolute Gasteiger partial charge is 0.454 e. The Bertz CT molecular complexity index is 860. The number of thioether (sulfide) groups is 1. The van der Waals surface area contributed by atoms with Crippen LogP contribution in [0.5, 0.6) is 11.5 Å². The van der Waals surface area contributed by atoms with Crippen LogP contribution >= 0.6 is 11.8 Å². The summed E-state index contributed by atoms with van der Waals surface area (Å²) in [5.41, 5.74) is 0.824. The predicted octanol–water partition coefficient (Wildman–Crippen LogP) is 2.93. The zero-order valence-electron chi connectivity index (χ0n) is 13.2. The number of fused-ring (bicyclic) bond motifs is 1. The molecule has 0 unspecified atom stereocenters. The molecule has 0 bridgehead atoms. The zero-order valence-corrected chi connectivity index (χ0v) is 14.0. The lowest BCUT2D eigenvalue weighted by atomic mass is 10.2. The molecule has 0 spiro atoms. The molecule has 3 heterocycles. The molecule has 0 fully saturated rings. The van der Waals surface area contributed by atoms with E-state index in [9.17, 15) is 0 Å². The van der Waals surface area contributed by atoms with Crippen molar-refractivity contribution >= 4 is 11.8 Å². The number of nitrogens with zero attached hydrogens (tertiary/aromatic N) is 5. The lowest BCUT2D eigenvalue weighted by Gasteiger charge is -2.07. The van der Waals surface area contributed by atoms with Crippen LogP contribution in [0.25, 0.3) is 11.4 Å². The van der Waals surface area contributed by atoms with Crippen LogP contribution in [0.3, 0.4) is 0 Å². The van der Waals surface area contributed by atoms with Crippen LogP contribution in [0.1, 0.15) is 25.8 Å². The topological polar surface area (TPSA) is 88.1 Å². The van der Waals surface area contributed by atoms with Crippen molar-refractivity contribution in [2.45, 2.75) is 30.8 Å². The Morgan fingerprint density at radius 2 is 2.12 bits per heavy atom. The van der Waals surface area contributed by atoms with Crippen LogP contribution in [0.2, 0.25) is 0 Å². The summed E-state index contributed by atoms with van der Waals surface area (Å²) in [5.74, 6) is 3.01. The predicted molar refractivity (Wildman–Crippen MR) is 85.8 cm³/mol. The maximum absolute atomic E-state index is 5.37. The standard InChI is InChI=1S/C15H15N5O3S/c1-9(2)20-7-16-18-15(20)24-6-13-17-14(19-23-13)10-3-4-11-12(5-10)22-8-21-11/h3-5,7,9H,6,8H2,1-2H3. The SMILES string of the molecule is CC(C)n1cnnc1SCc1nc(-c2ccc3c(c2)OCO3)no1. The van der Waals surface area contributed by atoms with Crippen molar-refractivity contribution in [1.29, 1.82) is 0 Å². The van der Waals surface area contributed by atoms with Gasteiger partial charge >= 0.3 is 0 Å². The number of benzene rings is 1. The van der Waals surface area contributed by atoms with Gasteiger partial charge in [0.25, 0.3) is 0 Å². The molecule has 0 saturated heterocycles. The highest BCUT2D eigenvalue weighted by atomic mass is 32.2. The van der Waals surface area contributed by atoms with Crippen LogP contribution in [0, 0.1) is 0 Å². The third kappa shape index (κ3) is 2.82. The molecule has 3 aromatic rings. The highest BCUT2D eigenvalue weighted by Gasteiger charge is 2.17. The van der Waals surface area contributed by atoms with Crippen LogP contribution in [-0.2, 0) is 5.75 Å². The first kappa shape index (κ1) is 15.0. The van der Waals surface area contributed by atoms with Crippen LogP contribution < -0.4 is 9.47 Å². The normalized spacial score (nSPS) is 13.0. The molecule has 0 aliphatic carbocycles. The summed E-state index contributed by atoms with van der Waals surface area (Å²) >= 11 is 1.51. The Kier molecular flexibility index (Phi) is 3.85. The van der Waals surface area contributed by atoms with E-state index < -0.39 is 0 Å². The third-order valence-electron chi connectivity index (χ3n) is 3.52. The fourth-order valence-electron chi connectivity index (χ4n) is 2.28. The highest BCUT2D eigenvalue weighted by Crippen LogP contribution is 2.35. The molecule has 0 saturated carbocycles. The molecule has 0 radical (unpaired) electrons. The van der Waals surface area contributed by atoms with Gasteiger partial charge in [-0.3, -0.25) is 0 Å². The third-order valence-corrected chi connectivity index (χ3v) is 4.46. The lowest BCUT2D eigenvalue weighted by molar-refractivity contribution is 0.174. The lowest BCUT2D eigenvalue weighted by Crippen LogP contribution is -2.00. The summed E-state index contributed by atoms with van der Waals surface area (Å²) in [5, 5.41) is 12.9. The van der Waals surface area contributed by atoms with Gasteiger partial charge in [0.15, 0.2) is 16.7 Å². The molecular weight excluding hydrogens is 330 g/mol. The fraction of sp³-hybridized carbons (Fsp3) is 0.333. The first-order valence-electron chi connectivity index (χ1n) is 7.45. The molecule has 24 heavy (non-hydrogen) atoms. The van der Waals surface area contributed by atoms with E-state index in [2.05, 4.69) is 34.2 Å². The average Bonchev–Trinajstić information content (AvgIpc) is 3.31. The molecule has 1 aliphatic heterocycles. The van der Waals surface area contributed by atoms with Crippen molar-refractivity contribution in [3.8, 4) is 22.9 Å². The second-order valence-corrected chi connectivity index (χ2v) is 6.43. The number of aromatic nitrogens is 5. The first-order valence-corrected chi connectivity index (χ1v) is 8.44. The summed E-state index contributed by atoms with van der Waals surface area (Å²) in [7, 11) is 0. The molecule has 124 valence electrons. The molecule has 4 rings (SSSR count). The number of hydrogen-bond donors (Lipinski definition) is 0. The van der Waals surface area contributed by atoms with Crippen molar-refractivity contribution < 1.29 is 14.0 Å². The summed E-state index contributed by atoms with van der Waals surface area (Å²) < 4.78 is 18.0. The van der Waals surface area contributed by atoms with E-state index in [-0.39, 0.29) is 6.79 Å². The van der Waals surface area contributed by atoms with E-state index in [1.165, 1.54) is 11.8 Å². The monoisotopic (exact) mass is 345 g/mol. The van der Waals surface area contributed by atoms with Crippen LogP contribution in [-0.4, -0.2) is 31.7 Å². The van der Waals surface area contributed by atoms with E-state index >= 15 is 0 Å². The quantitative estimate of drug-likeness (QED) is 0.652. The summed E-state index contributed by atoms with van der Waals surface area (Å²) in [6.45, 7) is 4.40. The molecular formula is C15H15N5O3S. The van der Waals surface area contributed by atoms with Crippen molar-refractivity contribution in [3.63, 3.8) is 0 Å². The molecule has 8 nitrogen and oxygen atoms in total. The zero-order chi connectivity index (χ0) is 16.5.